The number of nitriles is 1. The second-order valence-electron chi connectivity index (χ2n) is 3.24. The summed E-state index contributed by atoms with van der Waals surface area (Å²) in [7, 11) is 0. The van der Waals surface area contributed by atoms with Gasteiger partial charge in [-0.05, 0) is 13.8 Å². The molecule has 2 N–H and O–H groups in total. The van der Waals surface area contributed by atoms with Crippen LogP contribution in [0.1, 0.15) is 13.8 Å². The minimum absolute atomic E-state index is 0.0956. The van der Waals surface area contributed by atoms with Gasteiger partial charge in [0, 0.05) is 0 Å². The first-order valence-electron chi connectivity index (χ1n) is 3.88. The van der Waals surface area contributed by atoms with E-state index in [2.05, 4.69) is 5.32 Å². The fourth-order valence-corrected chi connectivity index (χ4v) is 1.09. The predicted molar refractivity (Wildman–Crippen MR) is 52.2 cm³/mol. The monoisotopic (exact) mass is 202 g/mol. The molecule has 0 atom stereocenters. The van der Waals surface area contributed by atoms with Gasteiger partial charge in [-0.3, -0.25) is 4.79 Å². The van der Waals surface area contributed by atoms with E-state index >= 15 is 0 Å². The quantitative estimate of drug-likeness (QED) is 0.621. The van der Waals surface area contributed by atoms with Crippen LogP contribution >= 0.6 is 11.8 Å². The van der Waals surface area contributed by atoms with E-state index in [9.17, 15) is 4.79 Å². The highest BCUT2D eigenvalue weighted by molar-refractivity contribution is 8.00. The zero-order chi connectivity index (χ0) is 10.3. The van der Waals surface area contributed by atoms with Gasteiger partial charge in [0.25, 0.3) is 0 Å². The fourth-order valence-electron chi connectivity index (χ4n) is 0.642. The normalized spacial score (nSPS) is 10.6. The van der Waals surface area contributed by atoms with E-state index in [-0.39, 0.29) is 18.3 Å². The standard InChI is InChI=1S/C8H14N2O2S/c1-8(2,6-11)10-7(12)5-13-4-3-9/h11H,4-6H2,1-2H3,(H,10,12). The van der Waals surface area contributed by atoms with E-state index in [4.69, 9.17) is 10.4 Å². The molecule has 0 fully saturated rings. The molecule has 1 amide bonds. The average molecular weight is 202 g/mol. The van der Waals surface area contributed by atoms with Gasteiger partial charge in [0.2, 0.25) is 5.91 Å². The number of rotatable bonds is 5. The first-order chi connectivity index (χ1) is 6.02. The SMILES string of the molecule is CC(C)(CO)NC(=O)CSCC#N. The van der Waals surface area contributed by atoms with Gasteiger partial charge < -0.3 is 10.4 Å². The molecule has 0 aromatic carbocycles. The molecule has 0 aliphatic heterocycles. The number of carbonyl (C=O) groups excluding carboxylic acids is 1. The van der Waals surface area contributed by atoms with Gasteiger partial charge in [-0.2, -0.15) is 5.26 Å². The molecule has 0 spiro atoms. The van der Waals surface area contributed by atoms with Gasteiger partial charge in [0.15, 0.2) is 0 Å². The number of thioether (sulfide) groups is 1. The second kappa shape index (κ2) is 5.84. The summed E-state index contributed by atoms with van der Waals surface area (Å²) in [5.74, 6) is 0.420. The van der Waals surface area contributed by atoms with Crippen molar-refractivity contribution < 1.29 is 9.90 Å². The zero-order valence-corrected chi connectivity index (χ0v) is 8.65. The summed E-state index contributed by atoms with van der Waals surface area (Å²) >= 11 is 1.26. The van der Waals surface area contributed by atoms with Crippen LogP contribution < -0.4 is 5.32 Å². The smallest absolute Gasteiger partial charge is 0.230 e. The lowest BCUT2D eigenvalue weighted by Crippen LogP contribution is -2.47. The van der Waals surface area contributed by atoms with E-state index < -0.39 is 5.54 Å². The van der Waals surface area contributed by atoms with E-state index in [1.54, 1.807) is 13.8 Å². The van der Waals surface area contributed by atoms with Gasteiger partial charge in [0.05, 0.1) is 29.7 Å². The first kappa shape index (κ1) is 12.3. The van der Waals surface area contributed by atoms with E-state index in [0.29, 0.717) is 5.75 Å². The Hall–Kier alpha value is -0.730. The largest absolute Gasteiger partial charge is 0.394 e. The molecule has 0 heterocycles. The van der Waals surface area contributed by atoms with Gasteiger partial charge in [0.1, 0.15) is 0 Å². The van der Waals surface area contributed by atoms with Gasteiger partial charge >= 0.3 is 0 Å². The summed E-state index contributed by atoms with van der Waals surface area (Å²) in [5.41, 5.74) is -0.579. The number of aliphatic hydroxyl groups is 1. The summed E-state index contributed by atoms with van der Waals surface area (Å²) < 4.78 is 0. The molecule has 74 valence electrons. The molecular weight excluding hydrogens is 188 g/mol. The minimum Gasteiger partial charge on any atom is -0.394 e. The van der Waals surface area contributed by atoms with Crippen molar-refractivity contribution in [3.8, 4) is 6.07 Å². The maximum atomic E-state index is 11.1. The van der Waals surface area contributed by atoms with E-state index in [1.165, 1.54) is 11.8 Å². The highest BCUT2D eigenvalue weighted by Gasteiger charge is 2.18. The van der Waals surface area contributed by atoms with E-state index in [0.717, 1.165) is 0 Å². The van der Waals surface area contributed by atoms with Crippen molar-refractivity contribution in [1.82, 2.24) is 5.32 Å². The summed E-state index contributed by atoms with van der Waals surface area (Å²) in [6.45, 7) is 3.38. The van der Waals surface area contributed by atoms with Gasteiger partial charge in [-0.25, -0.2) is 0 Å². The number of hydrogen-bond donors (Lipinski definition) is 2. The first-order valence-corrected chi connectivity index (χ1v) is 5.04. The molecule has 0 bridgehead atoms. The van der Waals surface area contributed by atoms with E-state index in [1.807, 2.05) is 6.07 Å². The number of aliphatic hydroxyl groups excluding tert-OH is 1. The third kappa shape index (κ3) is 6.43. The topological polar surface area (TPSA) is 73.1 Å². The Labute approximate surface area is 82.3 Å². The van der Waals surface area contributed by atoms with Crippen LogP contribution in [0.3, 0.4) is 0 Å². The number of nitrogens with one attached hydrogen (secondary N) is 1. The highest BCUT2D eigenvalue weighted by atomic mass is 32.2. The zero-order valence-electron chi connectivity index (χ0n) is 7.83. The van der Waals surface area contributed by atoms with Gasteiger partial charge in [-0.15, -0.1) is 11.8 Å². The van der Waals surface area contributed by atoms with Crippen LogP contribution in [0.2, 0.25) is 0 Å². The Balaban J connectivity index is 3.69. The Morgan fingerprint density at radius 1 is 1.69 bits per heavy atom. The van der Waals surface area contributed by atoms with Crippen LogP contribution in [-0.2, 0) is 4.79 Å². The number of nitrogens with zero attached hydrogens (tertiary/aromatic N) is 1. The van der Waals surface area contributed by atoms with Crippen LogP contribution in [0, 0.1) is 11.3 Å². The fraction of sp³-hybridized carbons (Fsp3) is 0.750. The number of hydrogen-bond acceptors (Lipinski definition) is 4. The maximum absolute atomic E-state index is 11.1. The summed E-state index contributed by atoms with van der Waals surface area (Å²) in [5, 5.41) is 19.7. The molecule has 0 unspecified atom stereocenters. The third-order valence-corrected chi connectivity index (χ3v) is 2.07. The Kier molecular flexibility index (Phi) is 5.51. The second-order valence-corrected chi connectivity index (χ2v) is 4.23. The van der Waals surface area contributed by atoms with Crippen LogP contribution in [-0.4, -0.2) is 34.7 Å². The third-order valence-electron chi connectivity index (χ3n) is 1.27. The number of amides is 1. The number of carbonyl (C=O) groups is 1. The van der Waals surface area contributed by atoms with Crippen molar-refractivity contribution in [2.75, 3.05) is 18.1 Å². The van der Waals surface area contributed by atoms with Crippen molar-refractivity contribution in [3.05, 3.63) is 0 Å². The van der Waals surface area contributed by atoms with Crippen LogP contribution in [0.25, 0.3) is 0 Å². The predicted octanol–water partition coefficient (Wildman–Crippen LogP) is 0.130. The molecule has 13 heavy (non-hydrogen) atoms. The molecule has 0 aliphatic carbocycles. The van der Waals surface area contributed by atoms with Crippen molar-refractivity contribution >= 4 is 17.7 Å². The minimum atomic E-state index is -0.579. The average Bonchev–Trinajstić information content (AvgIpc) is 2.04. The maximum Gasteiger partial charge on any atom is 0.230 e. The molecule has 0 aromatic rings. The lowest BCUT2D eigenvalue weighted by molar-refractivity contribution is -0.120. The summed E-state index contributed by atoms with van der Waals surface area (Å²) in [6, 6.07) is 1.93. The molecule has 0 aromatic heterocycles. The summed E-state index contributed by atoms with van der Waals surface area (Å²) in [4.78, 5) is 11.1. The Morgan fingerprint density at radius 3 is 2.77 bits per heavy atom. The Bertz CT molecular complexity index is 211. The van der Waals surface area contributed by atoms with Crippen molar-refractivity contribution in [2.24, 2.45) is 0 Å². The van der Waals surface area contributed by atoms with Crippen LogP contribution in [0.15, 0.2) is 0 Å². The lowest BCUT2D eigenvalue weighted by atomic mass is 10.1. The molecule has 0 rings (SSSR count). The Morgan fingerprint density at radius 2 is 2.31 bits per heavy atom. The van der Waals surface area contributed by atoms with Gasteiger partial charge in [-0.1, -0.05) is 0 Å². The van der Waals surface area contributed by atoms with Crippen molar-refractivity contribution in [2.45, 2.75) is 19.4 Å². The molecule has 4 nitrogen and oxygen atoms in total. The molecular formula is C8H14N2O2S. The molecule has 0 saturated heterocycles. The molecule has 0 saturated carbocycles. The summed E-state index contributed by atoms with van der Waals surface area (Å²) in [6.07, 6.45) is 0. The molecule has 5 heteroatoms. The van der Waals surface area contributed by atoms with Crippen molar-refractivity contribution in [1.29, 1.82) is 5.26 Å². The molecule has 0 radical (unpaired) electrons. The highest BCUT2D eigenvalue weighted by Crippen LogP contribution is 2.02. The van der Waals surface area contributed by atoms with Crippen LogP contribution in [0.4, 0.5) is 0 Å². The lowest BCUT2D eigenvalue weighted by Gasteiger charge is -2.23. The molecule has 0 aliphatic rings. The van der Waals surface area contributed by atoms with Crippen molar-refractivity contribution in [3.63, 3.8) is 0 Å². The van der Waals surface area contributed by atoms with Crippen LogP contribution in [0.5, 0.6) is 0 Å².